The average Bonchev–Trinajstić information content (AvgIpc) is 3.22. The number of alkyl halides is 3. The molecule has 0 aromatic carbocycles. The zero-order chi connectivity index (χ0) is 25.5. The number of allylic oxidation sites excluding steroid dienone is 3. The Morgan fingerprint density at radius 2 is 2.06 bits per heavy atom. The van der Waals surface area contributed by atoms with Crippen molar-refractivity contribution in [2.24, 2.45) is 0 Å². The first-order valence-electron chi connectivity index (χ1n) is 10.6. The number of carbonyl (C=O) groups excluding carboxylic acids is 1. The van der Waals surface area contributed by atoms with Crippen LogP contribution in [0.5, 0.6) is 0 Å². The number of nitriles is 1. The van der Waals surface area contributed by atoms with Gasteiger partial charge in [0.15, 0.2) is 5.76 Å². The minimum Gasteiger partial charge on any atom is -0.459 e. The highest BCUT2D eigenvalue weighted by molar-refractivity contribution is 5.78. The number of amides is 1. The Kier molecular flexibility index (Phi) is 8.78. The Bertz CT molecular complexity index is 1140. The Morgan fingerprint density at radius 1 is 1.35 bits per heavy atom. The number of furan rings is 1. The monoisotopic (exact) mass is 473 g/mol. The predicted molar refractivity (Wildman–Crippen MR) is 122 cm³/mol. The van der Waals surface area contributed by atoms with Gasteiger partial charge in [0.2, 0.25) is 11.9 Å². The maximum absolute atomic E-state index is 13.6. The van der Waals surface area contributed by atoms with E-state index < -0.39 is 17.4 Å². The Labute approximate surface area is 196 Å². The highest BCUT2D eigenvalue weighted by Gasteiger charge is 2.37. The third kappa shape index (κ3) is 6.57. The van der Waals surface area contributed by atoms with Crippen molar-refractivity contribution < 1.29 is 22.4 Å². The molecule has 1 amide bonds. The highest BCUT2D eigenvalue weighted by Crippen LogP contribution is 2.38. The molecule has 2 aromatic rings. The van der Waals surface area contributed by atoms with Crippen molar-refractivity contribution in [2.45, 2.75) is 46.3 Å². The van der Waals surface area contributed by atoms with Crippen molar-refractivity contribution in [3.8, 4) is 17.5 Å². The molecule has 10 heteroatoms. The van der Waals surface area contributed by atoms with Crippen molar-refractivity contribution in [2.75, 3.05) is 11.9 Å². The normalized spacial score (nSPS) is 12.9. The molecule has 34 heavy (non-hydrogen) atoms. The smallest absolute Gasteiger partial charge is 0.420 e. The number of nitrogens with zero attached hydrogens (tertiary/aromatic N) is 4. The number of aromatic nitrogens is 2. The van der Waals surface area contributed by atoms with E-state index in [0.29, 0.717) is 36.2 Å². The maximum Gasteiger partial charge on any atom is 0.420 e. The summed E-state index contributed by atoms with van der Waals surface area (Å²) in [6.07, 6.45) is -0.672. The first kappa shape index (κ1) is 26.4. The van der Waals surface area contributed by atoms with Crippen molar-refractivity contribution in [3.05, 3.63) is 65.7 Å². The summed E-state index contributed by atoms with van der Waals surface area (Å²) in [6.45, 7) is 13.7. The Hall–Kier alpha value is -3.87. The molecule has 0 spiro atoms. The fraction of sp³-hybridized carbons (Fsp3) is 0.333. The van der Waals surface area contributed by atoms with Gasteiger partial charge in [0.1, 0.15) is 23.4 Å². The SMILES string of the molecule is C=C(C)/C=C\C(=C)Nc1ncc(C(F)(F)F)c(-c2cc3c(o2)CCN(C(=O)CC#N)C3)n1.CC. The van der Waals surface area contributed by atoms with Gasteiger partial charge in [-0.05, 0) is 19.1 Å². The molecule has 0 saturated heterocycles. The molecule has 0 unspecified atom stereocenters. The van der Waals surface area contributed by atoms with Crippen molar-refractivity contribution in [1.29, 1.82) is 5.26 Å². The largest absolute Gasteiger partial charge is 0.459 e. The molecule has 0 atom stereocenters. The second kappa shape index (κ2) is 11.3. The third-order valence-corrected chi connectivity index (χ3v) is 4.62. The van der Waals surface area contributed by atoms with Crippen molar-refractivity contribution in [3.63, 3.8) is 0 Å². The molecule has 3 rings (SSSR count). The lowest BCUT2D eigenvalue weighted by molar-refractivity contribution is -0.137. The fourth-order valence-corrected chi connectivity index (χ4v) is 3.11. The molecule has 3 heterocycles. The number of rotatable bonds is 6. The van der Waals surface area contributed by atoms with Gasteiger partial charge in [-0.3, -0.25) is 4.79 Å². The molecule has 1 aliphatic heterocycles. The van der Waals surface area contributed by atoms with Crippen LogP contribution in [-0.4, -0.2) is 27.3 Å². The van der Waals surface area contributed by atoms with Gasteiger partial charge in [-0.25, -0.2) is 9.97 Å². The summed E-state index contributed by atoms with van der Waals surface area (Å²) in [5.74, 6) is -0.0159. The first-order valence-corrected chi connectivity index (χ1v) is 10.6. The molecule has 0 fully saturated rings. The minimum absolute atomic E-state index is 0.0783. The molecule has 1 aliphatic rings. The van der Waals surface area contributed by atoms with E-state index >= 15 is 0 Å². The zero-order valence-electron chi connectivity index (χ0n) is 19.3. The number of halogens is 3. The van der Waals surface area contributed by atoms with Gasteiger partial charge in [0, 0.05) is 37.0 Å². The standard InChI is InChI=1S/C22H20F3N5O2.C2H6/c1-13(2)4-5-14(3)28-21-27-11-16(22(23,24)25)20(29-21)18-10-15-12-30(19(31)6-8-26)9-7-17(15)32-18;1-2/h4-5,10-11H,1,3,6-7,9,12H2,2H3,(H,27,28,29);1-2H3/b5-4-;. The fourth-order valence-electron chi connectivity index (χ4n) is 3.11. The molecule has 0 saturated carbocycles. The van der Waals surface area contributed by atoms with Crippen LogP contribution in [0.3, 0.4) is 0 Å². The third-order valence-electron chi connectivity index (χ3n) is 4.62. The van der Waals surface area contributed by atoms with E-state index in [4.69, 9.17) is 9.68 Å². The number of fused-ring (bicyclic) bond motifs is 1. The van der Waals surface area contributed by atoms with E-state index in [2.05, 4.69) is 28.4 Å². The van der Waals surface area contributed by atoms with Gasteiger partial charge < -0.3 is 14.6 Å². The lowest BCUT2D eigenvalue weighted by Gasteiger charge is -2.25. The average molecular weight is 473 g/mol. The zero-order valence-corrected chi connectivity index (χ0v) is 19.3. The lowest BCUT2D eigenvalue weighted by Crippen LogP contribution is -2.35. The van der Waals surface area contributed by atoms with E-state index in [0.717, 1.165) is 5.57 Å². The molecular formula is C24H26F3N5O2. The summed E-state index contributed by atoms with van der Waals surface area (Å²) >= 11 is 0. The second-order valence-corrected chi connectivity index (χ2v) is 7.24. The summed E-state index contributed by atoms with van der Waals surface area (Å²) in [4.78, 5) is 21.2. The van der Waals surface area contributed by atoms with E-state index in [9.17, 15) is 18.0 Å². The molecule has 1 N–H and O–H groups in total. The number of carbonyl (C=O) groups is 1. The second-order valence-electron chi connectivity index (χ2n) is 7.24. The van der Waals surface area contributed by atoms with Gasteiger partial charge >= 0.3 is 6.18 Å². The molecular weight excluding hydrogens is 447 g/mol. The Morgan fingerprint density at radius 3 is 2.68 bits per heavy atom. The summed E-state index contributed by atoms with van der Waals surface area (Å²) < 4.78 is 46.5. The summed E-state index contributed by atoms with van der Waals surface area (Å²) in [5, 5.41) is 11.5. The van der Waals surface area contributed by atoms with Crippen LogP contribution in [0.4, 0.5) is 19.1 Å². The van der Waals surface area contributed by atoms with E-state index in [1.54, 1.807) is 25.1 Å². The molecule has 2 aromatic heterocycles. The molecule has 7 nitrogen and oxygen atoms in total. The van der Waals surface area contributed by atoms with Crippen LogP contribution in [0.25, 0.3) is 11.5 Å². The van der Waals surface area contributed by atoms with Crippen molar-refractivity contribution >= 4 is 11.9 Å². The summed E-state index contributed by atoms with van der Waals surface area (Å²) in [7, 11) is 0. The van der Waals surface area contributed by atoms with Crippen LogP contribution < -0.4 is 5.32 Å². The lowest BCUT2D eigenvalue weighted by atomic mass is 10.1. The topological polar surface area (TPSA) is 95.0 Å². The van der Waals surface area contributed by atoms with Gasteiger partial charge in [0.05, 0.1) is 6.07 Å². The quantitative estimate of drug-likeness (QED) is 0.546. The van der Waals surface area contributed by atoms with E-state index in [-0.39, 0.29) is 30.6 Å². The van der Waals surface area contributed by atoms with Crippen LogP contribution in [0.1, 0.15) is 44.1 Å². The van der Waals surface area contributed by atoms with Crippen molar-refractivity contribution in [1.82, 2.24) is 14.9 Å². The maximum atomic E-state index is 13.6. The molecule has 180 valence electrons. The number of hydrogen-bond acceptors (Lipinski definition) is 6. The summed E-state index contributed by atoms with van der Waals surface area (Å²) in [6, 6.07) is 3.24. The van der Waals surface area contributed by atoms with Gasteiger partial charge in [-0.2, -0.15) is 18.4 Å². The van der Waals surface area contributed by atoms with Crippen LogP contribution >= 0.6 is 0 Å². The van der Waals surface area contributed by atoms with Gasteiger partial charge in [-0.15, -0.1) is 0 Å². The van der Waals surface area contributed by atoms with Crippen LogP contribution in [0.2, 0.25) is 0 Å². The highest BCUT2D eigenvalue weighted by atomic mass is 19.4. The van der Waals surface area contributed by atoms with Gasteiger partial charge in [-0.1, -0.05) is 38.7 Å². The van der Waals surface area contributed by atoms with Gasteiger partial charge in [0.25, 0.3) is 0 Å². The number of anilines is 1. The number of hydrogen-bond donors (Lipinski definition) is 1. The molecule has 0 radical (unpaired) electrons. The van der Waals surface area contributed by atoms with E-state index in [1.165, 1.54) is 11.0 Å². The Balaban J connectivity index is 0.00000199. The predicted octanol–water partition coefficient (Wildman–Crippen LogP) is 5.64. The molecule has 0 aliphatic carbocycles. The van der Waals surface area contributed by atoms with Crippen LogP contribution in [0.15, 0.2) is 53.3 Å². The number of nitrogens with one attached hydrogen (secondary N) is 1. The van der Waals surface area contributed by atoms with Crippen LogP contribution in [0, 0.1) is 11.3 Å². The first-order chi connectivity index (χ1) is 16.1. The minimum atomic E-state index is -4.70. The summed E-state index contributed by atoms with van der Waals surface area (Å²) in [5.41, 5.74) is 0.243. The molecule has 0 bridgehead atoms. The van der Waals surface area contributed by atoms with E-state index in [1.807, 2.05) is 13.8 Å². The van der Waals surface area contributed by atoms with Crippen LogP contribution in [-0.2, 0) is 23.9 Å².